The Bertz CT molecular complexity index is 560. The number of piperidine rings is 1. The summed E-state index contributed by atoms with van der Waals surface area (Å²) in [6.07, 6.45) is 3.29. The third-order valence-electron chi connectivity index (χ3n) is 3.68. The molecule has 0 saturated carbocycles. The average Bonchev–Trinajstić information content (AvgIpc) is 2.96. The van der Waals surface area contributed by atoms with Crippen LogP contribution in [0.3, 0.4) is 0 Å². The van der Waals surface area contributed by atoms with Crippen molar-refractivity contribution in [2.24, 2.45) is 11.7 Å². The Balaban J connectivity index is 1.75. The van der Waals surface area contributed by atoms with Gasteiger partial charge in [0.25, 0.3) is 5.91 Å². The largest absolute Gasteiger partial charge is 0.369 e. The number of primary amides is 1. The second kappa shape index (κ2) is 6.90. The highest BCUT2D eigenvalue weighted by atomic mass is 16.2. The zero-order valence-electron chi connectivity index (χ0n) is 11.8. The number of nitriles is 1. The summed E-state index contributed by atoms with van der Waals surface area (Å²) in [6, 6.07) is 3.48. The standard InChI is InChI=1S/C14H19N5O2/c15-7-10-6-12(18-8-10)14(21)17-3-5-19-4-1-2-11(9-19)13(16)20/h6,8,11,18H,1-5,9H2,(H2,16,20)(H,17,21)/t11-/m1/s1. The van der Waals surface area contributed by atoms with Gasteiger partial charge < -0.3 is 20.9 Å². The molecule has 0 bridgehead atoms. The van der Waals surface area contributed by atoms with Gasteiger partial charge in [0.05, 0.1) is 11.5 Å². The van der Waals surface area contributed by atoms with Crippen molar-refractivity contribution < 1.29 is 9.59 Å². The smallest absolute Gasteiger partial charge is 0.267 e. The fourth-order valence-corrected chi connectivity index (χ4v) is 2.50. The van der Waals surface area contributed by atoms with E-state index in [1.807, 2.05) is 6.07 Å². The van der Waals surface area contributed by atoms with Crippen LogP contribution < -0.4 is 11.1 Å². The predicted molar refractivity (Wildman–Crippen MR) is 76.2 cm³/mol. The molecule has 7 heteroatoms. The summed E-state index contributed by atoms with van der Waals surface area (Å²) >= 11 is 0. The third kappa shape index (κ3) is 4.07. The number of likely N-dealkylation sites (tertiary alicyclic amines) is 1. The molecule has 4 N–H and O–H groups in total. The number of nitrogens with zero attached hydrogens (tertiary/aromatic N) is 2. The van der Waals surface area contributed by atoms with Gasteiger partial charge in [0.15, 0.2) is 0 Å². The van der Waals surface area contributed by atoms with Crippen LogP contribution in [0.15, 0.2) is 12.3 Å². The van der Waals surface area contributed by atoms with Gasteiger partial charge in [-0.15, -0.1) is 0 Å². The van der Waals surface area contributed by atoms with Crippen LogP contribution in [0.25, 0.3) is 0 Å². The van der Waals surface area contributed by atoms with E-state index in [-0.39, 0.29) is 17.7 Å². The number of carbonyl (C=O) groups is 2. The lowest BCUT2D eigenvalue weighted by Gasteiger charge is -2.30. The van der Waals surface area contributed by atoms with Crippen LogP contribution in [-0.4, -0.2) is 47.9 Å². The highest BCUT2D eigenvalue weighted by Crippen LogP contribution is 2.15. The van der Waals surface area contributed by atoms with E-state index in [2.05, 4.69) is 15.2 Å². The van der Waals surface area contributed by atoms with Gasteiger partial charge in [0, 0.05) is 25.8 Å². The van der Waals surface area contributed by atoms with E-state index >= 15 is 0 Å². The Morgan fingerprint density at radius 3 is 3.05 bits per heavy atom. The van der Waals surface area contributed by atoms with Crippen LogP contribution in [-0.2, 0) is 4.79 Å². The quantitative estimate of drug-likeness (QED) is 0.697. The number of amides is 2. The van der Waals surface area contributed by atoms with Crippen molar-refractivity contribution >= 4 is 11.8 Å². The van der Waals surface area contributed by atoms with E-state index in [1.54, 1.807) is 0 Å². The van der Waals surface area contributed by atoms with E-state index in [4.69, 9.17) is 11.0 Å². The number of aromatic nitrogens is 1. The Morgan fingerprint density at radius 1 is 1.57 bits per heavy atom. The van der Waals surface area contributed by atoms with Crippen molar-refractivity contribution in [2.75, 3.05) is 26.2 Å². The molecule has 2 rings (SSSR count). The van der Waals surface area contributed by atoms with Crippen LogP contribution in [0.5, 0.6) is 0 Å². The maximum absolute atomic E-state index is 11.8. The summed E-state index contributed by atoms with van der Waals surface area (Å²) in [5, 5.41) is 11.5. The minimum absolute atomic E-state index is 0.0870. The third-order valence-corrected chi connectivity index (χ3v) is 3.68. The van der Waals surface area contributed by atoms with Crippen molar-refractivity contribution in [1.29, 1.82) is 5.26 Å². The Morgan fingerprint density at radius 2 is 2.38 bits per heavy atom. The Kier molecular flexibility index (Phi) is 4.95. The molecule has 1 atom stereocenters. The molecule has 112 valence electrons. The summed E-state index contributed by atoms with van der Waals surface area (Å²) in [5.74, 6) is -0.574. The predicted octanol–water partition coefficient (Wildman–Crippen LogP) is -0.187. The van der Waals surface area contributed by atoms with Gasteiger partial charge in [-0.05, 0) is 25.5 Å². The number of H-pyrrole nitrogens is 1. The fraction of sp³-hybridized carbons (Fsp3) is 0.500. The highest BCUT2D eigenvalue weighted by Gasteiger charge is 2.23. The number of hydrogen-bond acceptors (Lipinski definition) is 4. The van der Waals surface area contributed by atoms with Gasteiger partial charge in [0.2, 0.25) is 5.91 Å². The van der Waals surface area contributed by atoms with Gasteiger partial charge in [-0.1, -0.05) is 0 Å². The molecule has 0 spiro atoms. The molecule has 0 aromatic carbocycles. The van der Waals surface area contributed by atoms with Crippen LogP contribution in [0.4, 0.5) is 0 Å². The summed E-state index contributed by atoms with van der Waals surface area (Å²) in [4.78, 5) is 27.9. The molecule has 2 amide bonds. The maximum atomic E-state index is 11.8. The molecular weight excluding hydrogens is 270 g/mol. The number of nitrogens with two attached hydrogens (primary N) is 1. The molecule has 0 aliphatic carbocycles. The van der Waals surface area contributed by atoms with Crippen LogP contribution in [0.1, 0.15) is 28.9 Å². The SMILES string of the molecule is N#Cc1c[nH]c(C(=O)NCCN2CCC[C@@H](C(N)=O)C2)c1. The van der Waals surface area contributed by atoms with Crippen molar-refractivity contribution in [3.8, 4) is 6.07 Å². The molecule has 1 aliphatic rings. The van der Waals surface area contributed by atoms with Crippen LogP contribution >= 0.6 is 0 Å². The van der Waals surface area contributed by atoms with E-state index < -0.39 is 0 Å². The molecule has 1 aromatic rings. The van der Waals surface area contributed by atoms with E-state index in [9.17, 15) is 9.59 Å². The minimum atomic E-state index is -0.251. The molecule has 1 aliphatic heterocycles. The molecule has 1 fully saturated rings. The average molecular weight is 289 g/mol. The molecule has 21 heavy (non-hydrogen) atoms. The monoisotopic (exact) mass is 289 g/mol. The van der Waals surface area contributed by atoms with Gasteiger partial charge >= 0.3 is 0 Å². The summed E-state index contributed by atoms with van der Waals surface area (Å²) in [6.45, 7) is 2.75. The summed E-state index contributed by atoms with van der Waals surface area (Å²) < 4.78 is 0. The van der Waals surface area contributed by atoms with Crippen molar-refractivity contribution in [2.45, 2.75) is 12.8 Å². The molecule has 0 radical (unpaired) electrons. The van der Waals surface area contributed by atoms with Gasteiger partial charge in [-0.3, -0.25) is 9.59 Å². The first-order chi connectivity index (χ1) is 10.1. The molecular formula is C14H19N5O2. The second-order valence-corrected chi connectivity index (χ2v) is 5.21. The summed E-state index contributed by atoms with van der Waals surface area (Å²) in [5.41, 5.74) is 6.14. The zero-order valence-corrected chi connectivity index (χ0v) is 11.8. The number of nitrogens with one attached hydrogen (secondary N) is 2. The number of rotatable bonds is 5. The van der Waals surface area contributed by atoms with E-state index in [0.717, 1.165) is 19.4 Å². The lowest BCUT2D eigenvalue weighted by Crippen LogP contribution is -2.44. The Labute approximate surface area is 123 Å². The first-order valence-electron chi connectivity index (χ1n) is 6.98. The van der Waals surface area contributed by atoms with Crippen molar-refractivity contribution in [3.05, 3.63) is 23.5 Å². The highest BCUT2D eigenvalue weighted by molar-refractivity contribution is 5.92. The second-order valence-electron chi connectivity index (χ2n) is 5.21. The van der Waals surface area contributed by atoms with Crippen LogP contribution in [0.2, 0.25) is 0 Å². The fourth-order valence-electron chi connectivity index (χ4n) is 2.50. The maximum Gasteiger partial charge on any atom is 0.267 e. The van der Waals surface area contributed by atoms with Crippen LogP contribution in [0, 0.1) is 17.2 Å². The minimum Gasteiger partial charge on any atom is -0.369 e. The normalized spacial score (nSPS) is 18.9. The molecule has 1 aromatic heterocycles. The van der Waals surface area contributed by atoms with Gasteiger partial charge in [-0.2, -0.15) is 5.26 Å². The van der Waals surface area contributed by atoms with Crippen molar-refractivity contribution in [3.63, 3.8) is 0 Å². The number of hydrogen-bond donors (Lipinski definition) is 3. The first kappa shape index (κ1) is 15.1. The number of aromatic amines is 1. The molecule has 0 unspecified atom stereocenters. The lowest BCUT2D eigenvalue weighted by atomic mass is 9.97. The van der Waals surface area contributed by atoms with Crippen molar-refractivity contribution in [1.82, 2.24) is 15.2 Å². The van der Waals surface area contributed by atoms with E-state index in [0.29, 0.717) is 30.9 Å². The zero-order chi connectivity index (χ0) is 15.2. The van der Waals surface area contributed by atoms with Gasteiger partial charge in [-0.25, -0.2) is 0 Å². The van der Waals surface area contributed by atoms with Gasteiger partial charge in [0.1, 0.15) is 11.8 Å². The molecule has 1 saturated heterocycles. The Hall–Kier alpha value is -2.33. The summed E-state index contributed by atoms with van der Waals surface area (Å²) in [7, 11) is 0. The van der Waals surface area contributed by atoms with E-state index in [1.165, 1.54) is 12.3 Å². The molecule has 7 nitrogen and oxygen atoms in total. The molecule has 2 heterocycles. The first-order valence-corrected chi connectivity index (χ1v) is 6.98. The number of carbonyl (C=O) groups excluding carboxylic acids is 2. The topological polar surface area (TPSA) is 115 Å². The lowest BCUT2D eigenvalue weighted by molar-refractivity contribution is -0.123.